The Kier molecular flexibility index (Phi) is 3.16. The Morgan fingerprint density at radius 2 is 2.18 bits per heavy atom. The molecule has 0 spiro atoms. The lowest BCUT2D eigenvalue weighted by molar-refractivity contribution is 1.07. The van der Waals surface area contributed by atoms with Gasteiger partial charge < -0.3 is 5.73 Å². The van der Waals surface area contributed by atoms with Crippen LogP contribution in [0.25, 0.3) is 0 Å². The van der Waals surface area contributed by atoms with Gasteiger partial charge in [-0.2, -0.15) is 0 Å². The zero-order chi connectivity index (χ0) is 8.43. The molecule has 1 rings (SSSR count). The van der Waals surface area contributed by atoms with E-state index < -0.39 is 0 Å². The molecule has 0 saturated carbocycles. The summed E-state index contributed by atoms with van der Waals surface area (Å²) in [5.41, 5.74) is 7.69. The lowest BCUT2D eigenvalue weighted by atomic mass is 10.1. The Balaban J connectivity index is 3.21. The SMILES string of the molecule is Cc1c(Cl)cc(CN)cc1I. The fourth-order valence-corrected chi connectivity index (χ4v) is 1.91. The highest BCUT2D eigenvalue weighted by molar-refractivity contribution is 14.1. The summed E-state index contributed by atoms with van der Waals surface area (Å²) in [6.45, 7) is 2.56. The highest BCUT2D eigenvalue weighted by atomic mass is 127. The third kappa shape index (κ3) is 2.07. The average molecular weight is 282 g/mol. The number of benzene rings is 1. The summed E-state index contributed by atoms with van der Waals surface area (Å²) in [7, 11) is 0. The van der Waals surface area contributed by atoms with Gasteiger partial charge in [0.25, 0.3) is 0 Å². The number of hydrogen-bond donors (Lipinski definition) is 1. The molecule has 0 aliphatic carbocycles. The second-order valence-corrected chi connectivity index (χ2v) is 3.96. The van der Waals surface area contributed by atoms with Crippen LogP contribution in [0.2, 0.25) is 5.02 Å². The Morgan fingerprint density at radius 1 is 1.55 bits per heavy atom. The van der Waals surface area contributed by atoms with Crippen molar-refractivity contribution in [2.24, 2.45) is 5.73 Å². The molecule has 11 heavy (non-hydrogen) atoms. The van der Waals surface area contributed by atoms with Gasteiger partial charge in [0.05, 0.1) is 0 Å². The molecule has 0 unspecified atom stereocenters. The first-order valence-electron chi connectivity index (χ1n) is 3.29. The van der Waals surface area contributed by atoms with Gasteiger partial charge in [-0.25, -0.2) is 0 Å². The van der Waals surface area contributed by atoms with Crippen molar-refractivity contribution in [3.05, 3.63) is 31.9 Å². The zero-order valence-corrected chi connectivity index (χ0v) is 9.11. The van der Waals surface area contributed by atoms with Gasteiger partial charge in [0.1, 0.15) is 0 Å². The second-order valence-electron chi connectivity index (χ2n) is 2.39. The van der Waals surface area contributed by atoms with Crippen LogP contribution < -0.4 is 5.73 Å². The van der Waals surface area contributed by atoms with Crippen molar-refractivity contribution in [2.45, 2.75) is 13.5 Å². The molecule has 0 bridgehead atoms. The van der Waals surface area contributed by atoms with E-state index in [0.29, 0.717) is 6.54 Å². The summed E-state index contributed by atoms with van der Waals surface area (Å²) in [5.74, 6) is 0. The number of halogens is 2. The third-order valence-corrected chi connectivity index (χ3v) is 3.09. The monoisotopic (exact) mass is 281 g/mol. The minimum Gasteiger partial charge on any atom is -0.326 e. The van der Waals surface area contributed by atoms with Crippen LogP contribution in [0.15, 0.2) is 12.1 Å². The summed E-state index contributed by atoms with van der Waals surface area (Å²) >= 11 is 8.20. The van der Waals surface area contributed by atoms with Gasteiger partial charge >= 0.3 is 0 Å². The van der Waals surface area contributed by atoms with Crippen LogP contribution in [0, 0.1) is 10.5 Å². The van der Waals surface area contributed by atoms with Crippen LogP contribution in [-0.2, 0) is 6.54 Å². The standard InChI is InChI=1S/C8H9ClIN/c1-5-7(9)2-6(4-11)3-8(5)10/h2-3H,4,11H2,1H3. The second kappa shape index (κ2) is 3.74. The summed E-state index contributed by atoms with van der Waals surface area (Å²) in [5, 5.41) is 0.803. The molecule has 0 amide bonds. The molecule has 1 aromatic rings. The molecule has 3 heteroatoms. The molecule has 0 aliphatic rings. The highest BCUT2D eigenvalue weighted by Gasteiger charge is 2.01. The largest absolute Gasteiger partial charge is 0.326 e. The van der Waals surface area contributed by atoms with Gasteiger partial charge in [0.15, 0.2) is 0 Å². The maximum absolute atomic E-state index is 5.94. The Hall–Kier alpha value is 0.200. The highest BCUT2D eigenvalue weighted by Crippen LogP contribution is 2.22. The molecular formula is C8H9ClIN. The minimum atomic E-state index is 0.552. The van der Waals surface area contributed by atoms with E-state index in [0.717, 1.165) is 16.1 Å². The smallest absolute Gasteiger partial charge is 0.0448 e. The Morgan fingerprint density at radius 3 is 2.64 bits per heavy atom. The van der Waals surface area contributed by atoms with E-state index in [-0.39, 0.29) is 0 Å². The van der Waals surface area contributed by atoms with Crippen LogP contribution in [0.1, 0.15) is 11.1 Å². The zero-order valence-electron chi connectivity index (χ0n) is 6.20. The first-order valence-corrected chi connectivity index (χ1v) is 4.75. The minimum absolute atomic E-state index is 0.552. The van der Waals surface area contributed by atoms with Crippen LogP contribution in [0.4, 0.5) is 0 Å². The molecule has 0 atom stereocenters. The van der Waals surface area contributed by atoms with Crippen LogP contribution in [0.5, 0.6) is 0 Å². The molecule has 0 fully saturated rings. The molecule has 0 aromatic heterocycles. The topological polar surface area (TPSA) is 26.0 Å². The molecule has 0 heterocycles. The number of nitrogens with two attached hydrogens (primary N) is 1. The van der Waals surface area contributed by atoms with Gasteiger partial charge in [-0.05, 0) is 52.8 Å². The van der Waals surface area contributed by atoms with Crippen LogP contribution >= 0.6 is 34.2 Å². The van der Waals surface area contributed by atoms with Gasteiger partial charge in [-0.15, -0.1) is 0 Å². The first kappa shape index (κ1) is 9.29. The van der Waals surface area contributed by atoms with Gasteiger partial charge in [-0.3, -0.25) is 0 Å². The number of rotatable bonds is 1. The summed E-state index contributed by atoms with van der Waals surface area (Å²) in [4.78, 5) is 0. The van der Waals surface area contributed by atoms with Crippen molar-refractivity contribution >= 4 is 34.2 Å². The molecule has 0 radical (unpaired) electrons. The van der Waals surface area contributed by atoms with E-state index in [2.05, 4.69) is 28.7 Å². The fourth-order valence-electron chi connectivity index (χ4n) is 0.816. The quantitative estimate of drug-likeness (QED) is 0.787. The van der Waals surface area contributed by atoms with Gasteiger partial charge in [-0.1, -0.05) is 11.6 Å². The molecular weight excluding hydrogens is 272 g/mol. The summed E-state index contributed by atoms with van der Waals surface area (Å²) < 4.78 is 1.18. The molecule has 1 aromatic carbocycles. The Labute approximate surface area is 85.1 Å². The third-order valence-electron chi connectivity index (χ3n) is 1.58. The predicted molar refractivity (Wildman–Crippen MR) is 56.8 cm³/mol. The maximum Gasteiger partial charge on any atom is 0.0448 e. The van der Waals surface area contributed by atoms with Gasteiger partial charge in [0, 0.05) is 15.1 Å². The van der Waals surface area contributed by atoms with Crippen molar-refractivity contribution in [1.29, 1.82) is 0 Å². The summed E-state index contributed by atoms with van der Waals surface area (Å²) in [6.07, 6.45) is 0. The summed E-state index contributed by atoms with van der Waals surface area (Å²) in [6, 6.07) is 3.97. The van der Waals surface area contributed by atoms with E-state index >= 15 is 0 Å². The van der Waals surface area contributed by atoms with Crippen molar-refractivity contribution in [3.8, 4) is 0 Å². The van der Waals surface area contributed by atoms with E-state index in [4.69, 9.17) is 17.3 Å². The maximum atomic E-state index is 5.94. The van der Waals surface area contributed by atoms with E-state index in [1.165, 1.54) is 3.57 Å². The van der Waals surface area contributed by atoms with Crippen molar-refractivity contribution < 1.29 is 0 Å². The van der Waals surface area contributed by atoms with Gasteiger partial charge in [0.2, 0.25) is 0 Å². The van der Waals surface area contributed by atoms with Crippen molar-refractivity contribution in [3.63, 3.8) is 0 Å². The van der Waals surface area contributed by atoms with Crippen molar-refractivity contribution in [1.82, 2.24) is 0 Å². The van der Waals surface area contributed by atoms with E-state index in [1.54, 1.807) is 0 Å². The average Bonchev–Trinajstić information content (AvgIpc) is 1.99. The molecule has 0 aliphatic heterocycles. The van der Waals surface area contributed by atoms with Crippen LogP contribution in [-0.4, -0.2) is 0 Å². The van der Waals surface area contributed by atoms with E-state index in [1.807, 2.05) is 13.0 Å². The normalized spacial score (nSPS) is 10.2. The molecule has 2 N–H and O–H groups in total. The lowest BCUT2D eigenvalue weighted by Gasteiger charge is -2.03. The predicted octanol–water partition coefficient (Wildman–Crippen LogP) is 2.71. The molecule has 60 valence electrons. The lowest BCUT2D eigenvalue weighted by Crippen LogP contribution is -1.97. The van der Waals surface area contributed by atoms with Crippen molar-refractivity contribution in [2.75, 3.05) is 0 Å². The number of hydrogen-bond acceptors (Lipinski definition) is 1. The Bertz CT molecular complexity index is 250. The first-order chi connectivity index (χ1) is 5.15. The molecule has 1 nitrogen and oxygen atoms in total. The fraction of sp³-hybridized carbons (Fsp3) is 0.250. The molecule has 0 saturated heterocycles. The van der Waals surface area contributed by atoms with Crippen LogP contribution in [0.3, 0.4) is 0 Å². The van der Waals surface area contributed by atoms with E-state index in [9.17, 15) is 0 Å².